The third-order valence-corrected chi connectivity index (χ3v) is 4.26. The second-order valence-corrected chi connectivity index (χ2v) is 6.72. The maximum atomic E-state index is 12.3. The van der Waals surface area contributed by atoms with Gasteiger partial charge in [0.05, 0.1) is 7.11 Å². The number of hydrogen-bond acceptors (Lipinski definition) is 5. The number of carbonyl (C=O) groups excluding carboxylic acids is 2. The fraction of sp³-hybridized carbons (Fsp3) is 0.273. The van der Waals surface area contributed by atoms with E-state index in [2.05, 4.69) is 5.32 Å². The van der Waals surface area contributed by atoms with Crippen molar-refractivity contribution in [1.29, 1.82) is 0 Å². The smallest absolute Gasteiger partial charge is 0.344 e. The fourth-order valence-corrected chi connectivity index (χ4v) is 2.66. The first-order valence-corrected chi connectivity index (χ1v) is 9.42. The van der Waals surface area contributed by atoms with Crippen LogP contribution < -0.4 is 14.8 Å². The highest BCUT2D eigenvalue weighted by molar-refractivity contribution is 6.31. The lowest BCUT2D eigenvalue weighted by Crippen LogP contribution is -2.31. The molecule has 0 bridgehead atoms. The predicted octanol–water partition coefficient (Wildman–Crippen LogP) is 4.64. The molecule has 1 atom stereocenters. The van der Waals surface area contributed by atoms with E-state index in [-0.39, 0.29) is 6.61 Å². The molecule has 0 aromatic heterocycles. The molecule has 0 radical (unpaired) electrons. The number of allylic oxidation sites excluding steroid dienone is 1. The van der Waals surface area contributed by atoms with E-state index in [9.17, 15) is 9.59 Å². The van der Waals surface area contributed by atoms with E-state index in [1.807, 2.05) is 32.1 Å². The number of anilines is 1. The van der Waals surface area contributed by atoms with Crippen LogP contribution in [0.1, 0.15) is 25.0 Å². The average Bonchev–Trinajstić information content (AvgIpc) is 2.69. The van der Waals surface area contributed by atoms with Gasteiger partial charge in [0.25, 0.3) is 5.91 Å². The van der Waals surface area contributed by atoms with E-state index in [0.717, 1.165) is 11.1 Å². The van der Waals surface area contributed by atoms with Gasteiger partial charge in [-0.2, -0.15) is 0 Å². The zero-order valence-corrected chi connectivity index (χ0v) is 17.6. The average molecular weight is 418 g/mol. The molecule has 6 nitrogen and oxygen atoms in total. The lowest BCUT2D eigenvalue weighted by atomic mass is 10.2. The molecule has 0 aliphatic rings. The van der Waals surface area contributed by atoms with Gasteiger partial charge in [-0.1, -0.05) is 35.9 Å². The van der Waals surface area contributed by atoms with Gasteiger partial charge in [-0.25, -0.2) is 4.79 Å². The summed E-state index contributed by atoms with van der Waals surface area (Å²) >= 11 is 5.95. The summed E-state index contributed by atoms with van der Waals surface area (Å²) in [5, 5.41) is 3.20. The van der Waals surface area contributed by atoms with Crippen LogP contribution in [0.4, 0.5) is 5.69 Å². The van der Waals surface area contributed by atoms with Crippen molar-refractivity contribution >= 4 is 35.2 Å². The van der Waals surface area contributed by atoms with Crippen LogP contribution in [0.5, 0.6) is 11.5 Å². The number of methoxy groups -OCH3 is 1. The van der Waals surface area contributed by atoms with Crippen LogP contribution in [-0.4, -0.2) is 31.7 Å². The molecule has 7 heteroatoms. The first-order valence-electron chi connectivity index (χ1n) is 9.04. The van der Waals surface area contributed by atoms with Gasteiger partial charge in [-0.3, -0.25) is 4.79 Å². The number of benzene rings is 2. The molecule has 0 heterocycles. The summed E-state index contributed by atoms with van der Waals surface area (Å²) in [4.78, 5) is 24.4. The Morgan fingerprint density at radius 1 is 1.17 bits per heavy atom. The van der Waals surface area contributed by atoms with Crippen molar-refractivity contribution in [2.75, 3.05) is 19.0 Å². The number of esters is 1. The van der Waals surface area contributed by atoms with Crippen LogP contribution in [0.15, 0.2) is 42.5 Å². The Morgan fingerprint density at radius 2 is 1.93 bits per heavy atom. The topological polar surface area (TPSA) is 73.9 Å². The first-order chi connectivity index (χ1) is 13.8. The van der Waals surface area contributed by atoms with Gasteiger partial charge >= 0.3 is 5.97 Å². The standard InChI is InChI=1S/C22H24ClNO5/c1-5-6-16-8-10-19(20(11-16)27-4)28-13-21(25)29-15(3)22(26)24-18-12-17(23)9-7-14(18)2/h5-12,15H,13H2,1-4H3,(H,24,26)/b6-5+/t15-/m0/s1. The number of rotatable bonds is 8. The molecule has 0 aliphatic carbocycles. The summed E-state index contributed by atoms with van der Waals surface area (Å²) < 4.78 is 15.9. The molecule has 0 saturated carbocycles. The Morgan fingerprint density at radius 3 is 2.62 bits per heavy atom. The highest BCUT2D eigenvalue weighted by Gasteiger charge is 2.19. The Kier molecular flexibility index (Phi) is 8.09. The van der Waals surface area contributed by atoms with E-state index >= 15 is 0 Å². The highest BCUT2D eigenvalue weighted by Crippen LogP contribution is 2.28. The summed E-state index contributed by atoms with van der Waals surface area (Å²) in [5.41, 5.74) is 2.35. The third-order valence-electron chi connectivity index (χ3n) is 4.03. The van der Waals surface area contributed by atoms with Gasteiger partial charge < -0.3 is 19.5 Å². The molecule has 0 unspecified atom stereocenters. The van der Waals surface area contributed by atoms with Gasteiger partial charge in [0.1, 0.15) is 0 Å². The van der Waals surface area contributed by atoms with Gasteiger partial charge in [0.15, 0.2) is 24.2 Å². The number of nitrogens with one attached hydrogen (secondary N) is 1. The Bertz CT molecular complexity index is 910. The summed E-state index contributed by atoms with van der Waals surface area (Å²) in [6.45, 7) is 4.88. The monoisotopic (exact) mass is 417 g/mol. The largest absolute Gasteiger partial charge is 0.493 e. The molecule has 154 valence electrons. The Labute approximate surface area is 175 Å². The van der Waals surface area contributed by atoms with Crippen LogP contribution in [0.2, 0.25) is 5.02 Å². The minimum atomic E-state index is -0.997. The predicted molar refractivity (Wildman–Crippen MR) is 114 cm³/mol. The fourth-order valence-electron chi connectivity index (χ4n) is 2.48. The van der Waals surface area contributed by atoms with Crippen molar-refractivity contribution in [3.05, 3.63) is 58.6 Å². The van der Waals surface area contributed by atoms with Crippen LogP contribution in [0, 0.1) is 6.92 Å². The lowest BCUT2D eigenvalue weighted by Gasteiger charge is -2.16. The maximum Gasteiger partial charge on any atom is 0.344 e. The minimum Gasteiger partial charge on any atom is -0.493 e. The molecule has 2 rings (SSSR count). The summed E-state index contributed by atoms with van der Waals surface area (Å²) in [6, 6.07) is 10.5. The molecular formula is C22H24ClNO5. The number of carbonyl (C=O) groups is 2. The van der Waals surface area contributed by atoms with Crippen LogP contribution in [0.25, 0.3) is 6.08 Å². The summed E-state index contributed by atoms with van der Waals surface area (Å²) in [6.07, 6.45) is 2.83. The van der Waals surface area contributed by atoms with E-state index < -0.39 is 18.0 Å². The second-order valence-electron chi connectivity index (χ2n) is 6.28. The molecule has 29 heavy (non-hydrogen) atoms. The highest BCUT2D eigenvalue weighted by atomic mass is 35.5. The maximum absolute atomic E-state index is 12.3. The second kappa shape index (κ2) is 10.5. The number of ether oxygens (including phenoxy) is 3. The van der Waals surface area contributed by atoms with Crippen LogP contribution >= 0.6 is 11.6 Å². The lowest BCUT2D eigenvalue weighted by molar-refractivity contribution is -0.155. The van der Waals surface area contributed by atoms with Crippen molar-refractivity contribution in [2.45, 2.75) is 26.9 Å². The Balaban J connectivity index is 1.91. The summed E-state index contributed by atoms with van der Waals surface area (Å²) in [5.74, 6) is -0.230. The van der Waals surface area contributed by atoms with E-state index in [0.29, 0.717) is 22.2 Å². The quantitative estimate of drug-likeness (QED) is 0.633. The number of hydrogen-bond donors (Lipinski definition) is 1. The van der Waals surface area contributed by atoms with E-state index in [1.165, 1.54) is 14.0 Å². The molecular weight excluding hydrogens is 394 g/mol. The molecule has 0 spiro atoms. The minimum absolute atomic E-state index is 0.354. The van der Waals surface area contributed by atoms with E-state index in [4.69, 9.17) is 25.8 Å². The molecule has 1 amide bonds. The zero-order chi connectivity index (χ0) is 21.4. The van der Waals surface area contributed by atoms with Gasteiger partial charge in [-0.05, 0) is 56.2 Å². The van der Waals surface area contributed by atoms with Crippen LogP contribution in [-0.2, 0) is 14.3 Å². The summed E-state index contributed by atoms with van der Waals surface area (Å²) in [7, 11) is 1.52. The first kappa shape index (κ1) is 22.3. The SMILES string of the molecule is C/C=C/c1ccc(OCC(=O)O[C@@H](C)C(=O)Nc2cc(Cl)ccc2C)c(OC)c1. The van der Waals surface area contributed by atoms with Gasteiger partial charge in [0.2, 0.25) is 0 Å². The van der Waals surface area contributed by atoms with Crippen molar-refractivity contribution in [3.8, 4) is 11.5 Å². The van der Waals surface area contributed by atoms with E-state index in [1.54, 1.807) is 30.3 Å². The molecule has 0 saturated heterocycles. The van der Waals surface area contributed by atoms with Crippen LogP contribution in [0.3, 0.4) is 0 Å². The normalized spacial score (nSPS) is 11.8. The molecule has 0 fully saturated rings. The third kappa shape index (κ3) is 6.54. The molecule has 2 aromatic rings. The Hall–Kier alpha value is -2.99. The molecule has 1 N–H and O–H groups in total. The van der Waals surface area contributed by atoms with Gasteiger partial charge in [-0.15, -0.1) is 0 Å². The zero-order valence-electron chi connectivity index (χ0n) is 16.8. The number of aryl methyl sites for hydroxylation is 1. The van der Waals surface area contributed by atoms with Crippen molar-refractivity contribution in [3.63, 3.8) is 0 Å². The molecule has 2 aromatic carbocycles. The van der Waals surface area contributed by atoms with Gasteiger partial charge in [0, 0.05) is 10.7 Å². The molecule has 0 aliphatic heterocycles. The van der Waals surface area contributed by atoms with Crippen molar-refractivity contribution < 1.29 is 23.8 Å². The van der Waals surface area contributed by atoms with Crippen molar-refractivity contribution in [2.24, 2.45) is 0 Å². The number of halogens is 1. The number of amides is 1. The van der Waals surface area contributed by atoms with Crippen molar-refractivity contribution in [1.82, 2.24) is 0 Å².